The Bertz CT molecular complexity index is 358. The first-order valence-corrected chi connectivity index (χ1v) is 10.1. The molecule has 2 fully saturated rings. The average molecular weight is 257 g/mol. The zero-order chi connectivity index (χ0) is 12.3. The van der Waals surface area contributed by atoms with Crippen LogP contribution in [0.2, 0.25) is 12.1 Å². The fourth-order valence-corrected chi connectivity index (χ4v) is 9.33. The van der Waals surface area contributed by atoms with Gasteiger partial charge in [0.2, 0.25) is 0 Å². The van der Waals surface area contributed by atoms with E-state index in [0.717, 1.165) is 0 Å². The zero-order valence-corrected chi connectivity index (χ0v) is 12.6. The van der Waals surface area contributed by atoms with Crippen molar-refractivity contribution in [1.29, 1.82) is 0 Å². The Balaban J connectivity index is 1.92. The monoisotopic (exact) mass is 257 g/mol. The van der Waals surface area contributed by atoms with E-state index in [2.05, 4.69) is 30.3 Å². The van der Waals surface area contributed by atoms with E-state index in [-0.39, 0.29) is 0 Å². The molecule has 2 aliphatic rings. The second-order valence-corrected chi connectivity index (χ2v) is 9.99. The van der Waals surface area contributed by atoms with Crippen LogP contribution in [0.25, 0.3) is 0 Å². The molecule has 1 saturated carbocycles. The third-order valence-electron chi connectivity index (χ3n) is 5.43. The van der Waals surface area contributed by atoms with Gasteiger partial charge in [-0.3, -0.25) is 0 Å². The summed E-state index contributed by atoms with van der Waals surface area (Å²) in [5, 5.41) is 0.660. The summed E-state index contributed by atoms with van der Waals surface area (Å²) in [4.78, 5) is 0. The Morgan fingerprint density at radius 1 is 0.833 bits per heavy atom. The molecule has 1 heteroatoms. The highest BCUT2D eigenvalue weighted by atomic mass is 28.3. The minimum Gasteiger partial charge on any atom is -0.0592 e. The summed E-state index contributed by atoms with van der Waals surface area (Å²) in [5.74, 6) is 0. The standard InChI is InChI=1S/C17H25Si/c1-4-10-16(11-5-1)17(12-6-2-7-13-17)18-14-8-3-9-15-18/h4-5,10-11,18H,2-3,6-9,12-15H2. The lowest BCUT2D eigenvalue weighted by Gasteiger charge is -2.45. The van der Waals surface area contributed by atoms with Crippen LogP contribution in [-0.2, 0) is 5.04 Å². The van der Waals surface area contributed by atoms with Crippen LogP contribution in [-0.4, -0.2) is 8.80 Å². The normalized spacial score (nSPS) is 24.9. The second kappa shape index (κ2) is 5.60. The minimum absolute atomic E-state index is 0.584. The summed E-state index contributed by atoms with van der Waals surface area (Å²) in [7, 11) is -0.584. The molecule has 1 saturated heterocycles. The lowest BCUT2D eigenvalue weighted by molar-refractivity contribution is 0.381. The SMILES string of the molecule is [c]1ccc(C2([SiH]3CCCCC3)CCCCC2)cc1. The molecule has 0 bridgehead atoms. The minimum atomic E-state index is -0.584. The van der Waals surface area contributed by atoms with Crippen molar-refractivity contribution in [1.82, 2.24) is 0 Å². The maximum absolute atomic E-state index is 3.21. The molecule has 18 heavy (non-hydrogen) atoms. The van der Waals surface area contributed by atoms with Gasteiger partial charge in [-0.05, 0) is 29.5 Å². The smallest absolute Gasteiger partial charge is 0.0488 e. The second-order valence-electron chi connectivity index (χ2n) is 6.34. The molecular weight excluding hydrogens is 232 g/mol. The van der Waals surface area contributed by atoms with E-state index in [9.17, 15) is 0 Å². The van der Waals surface area contributed by atoms with Crippen molar-refractivity contribution >= 4 is 8.80 Å². The van der Waals surface area contributed by atoms with Crippen molar-refractivity contribution in [3.63, 3.8) is 0 Å². The molecule has 1 heterocycles. The van der Waals surface area contributed by atoms with Crippen LogP contribution in [0.4, 0.5) is 0 Å². The van der Waals surface area contributed by atoms with E-state index in [4.69, 9.17) is 0 Å². The fraction of sp³-hybridized carbons (Fsp3) is 0.647. The van der Waals surface area contributed by atoms with Gasteiger partial charge < -0.3 is 0 Å². The van der Waals surface area contributed by atoms with Crippen molar-refractivity contribution in [2.75, 3.05) is 0 Å². The highest BCUT2D eigenvalue weighted by Crippen LogP contribution is 2.45. The van der Waals surface area contributed by atoms with Gasteiger partial charge in [0.25, 0.3) is 0 Å². The molecule has 0 N–H and O–H groups in total. The first kappa shape index (κ1) is 12.5. The lowest BCUT2D eigenvalue weighted by atomic mass is 9.83. The highest BCUT2D eigenvalue weighted by Gasteiger charge is 2.41. The van der Waals surface area contributed by atoms with Gasteiger partial charge in [0, 0.05) is 8.80 Å². The maximum Gasteiger partial charge on any atom is 0.0488 e. The van der Waals surface area contributed by atoms with Gasteiger partial charge in [0.1, 0.15) is 0 Å². The van der Waals surface area contributed by atoms with Gasteiger partial charge in [-0.25, -0.2) is 0 Å². The van der Waals surface area contributed by atoms with Gasteiger partial charge in [-0.15, -0.1) is 0 Å². The van der Waals surface area contributed by atoms with Crippen molar-refractivity contribution in [3.05, 3.63) is 35.9 Å². The molecular formula is C17H25Si. The quantitative estimate of drug-likeness (QED) is 0.677. The number of hydrogen-bond donors (Lipinski definition) is 0. The van der Waals surface area contributed by atoms with Gasteiger partial charge in [0.15, 0.2) is 0 Å². The third kappa shape index (κ3) is 2.30. The van der Waals surface area contributed by atoms with Crippen LogP contribution in [0, 0.1) is 6.07 Å². The Hall–Kier alpha value is -0.563. The van der Waals surface area contributed by atoms with E-state index < -0.39 is 8.80 Å². The van der Waals surface area contributed by atoms with Crippen LogP contribution in [0.5, 0.6) is 0 Å². The maximum atomic E-state index is 3.21. The van der Waals surface area contributed by atoms with E-state index >= 15 is 0 Å². The number of hydrogen-bond acceptors (Lipinski definition) is 0. The van der Waals surface area contributed by atoms with Gasteiger partial charge in [0.05, 0.1) is 0 Å². The molecule has 1 aliphatic heterocycles. The van der Waals surface area contributed by atoms with Crippen LogP contribution < -0.4 is 0 Å². The summed E-state index contributed by atoms with van der Waals surface area (Å²) in [6, 6.07) is 15.5. The van der Waals surface area contributed by atoms with Gasteiger partial charge in [-0.2, -0.15) is 0 Å². The topological polar surface area (TPSA) is 0 Å². The number of rotatable bonds is 2. The summed E-state index contributed by atoms with van der Waals surface area (Å²) >= 11 is 0. The molecule has 3 rings (SSSR count). The Kier molecular flexibility index (Phi) is 3.88. The largest absolute Gasteiger partial charge is 0.0592 e. The molecule has 0 atom stereocenters. The van der Waals surface area contributed by atoms with Gasteiger partial charge in [-0.1, -0.05) is 74.9 Å². The zero-order valence-electron chi connectivity index (χ0n) is 11.5. The molecule has 0 aromatic heterocycles. The van der Waals surface area contributed by atoms with Crippen molar-refractivity contribution < 1.29 is 0 Å². The predicted octanol–water partition coefficient (Wildman–Crippen LogP) is 4.64. The fourth-order valence-electron chi connectivity index (χ4n) is 4.49. The van der Waals surface area contributed by atoms with E-state index in [1.807, 2.05) is 0 Å². The molecule has 0 amide bonds. The summed E-state index contributed by atoms with van der Waals surface area (Å²) in [6.07, 6.45) is 12.0. The Morgan fingerprint density at radius 3 is 2.11 bits per heavy atom. The summed E-state index contributed by atoms with van der Waals surface area (Å²) < 4.78 is 0. The highest BCUT2D eigenvalue weighted by molar-refractivity contribution is 6.62. The van der Waals surface area contributed by atoms with Crippen LogP contribution in [0.15, 0.2) is 24.3 Å². The van der Waals surface area contributed by atoms with Crippen LogP contribution in [0.1, 0.15) is 56.9 Å². The van der Waals surface area contributed by atoms with Gasteiger partial charge >= 0.3 is 0 Å². The summed E-state index contributed by atoms with van der Waals surface area (Å²) in [5.41, 5.74) is 1.68. The molecule has 1 aromatic carbocycles. The molecule has 97 valence electrons. The molecule has 1 aliphatic carbocycles. The van der Waals surface area contributed by atoms with Crippen LogP contribution in [0.3, 0.4) is 0 Å². The average Bonchev–Trinajstić information content (AvgIpc) is 2.50. The predicted molar refractivity (Wildman–Crippen MR) is 80.7 cm³/mol. The molecule has 0 nitrogen and oxygen atoms in total. The molecule has 1 radical (unpaired) electrons. The summed E-state index contributed by atoms with van der Waals surface area (Å²) in [6.45, 7) is 0. The first-order chi connectivity index (χ1) is 8.92. The lowest BCUT2D eigenvalue weighted by Crippen LogP contribution is -2.45. The number of benzene rings is 1. The van der Waals surface area contributed by atoms with E-state index in [1.54, 1.807) is 17.7 Å². The van der Waals surface area contributed by atoms with Crippen LogP contribution >= 0.6 is 0 Å². The van der Waals surface area contributed by atoms with Crippen molar-refractivity contribution in [2.45, 2.75) is 68.5 Å². The Labute approximate surface area is 113 Å². The van der Waals surface area contributed by atoms with Crippen molar-refractivity contribution in [3.8, 4) is 0 Å². The molecule has 1 aromatic rings. The third-order valence-corrected chi connectivity index (χ3v) is 10.1. The Morgan fingerprint density at radius 2 is 1.44 bits per heavy atom. The molecule has 0 unspecified atom stereocenters. The first-order valence-electron chi connectivity index (χ1n) is 7.88. The van der Waals surface area contributed by atoms with E-state index in [1.165, 1.54) is 51.4 Å². The van der Waals surface area contributed by atoms with E-state index in [0.29, 0.717) is 5.04 Å². The van der Waals surface area contributed by atoms with Crippen molar-refractivity contribution in [2.24, 2.45) is 0 Å². The molecule has 0 spiro atoms.